The summed E-state index contributed by atoms with van der Waals surface area (Å²) in [4.78, 5) is 20.5. The smallest absolute Gasteiger partial charge is 0.407 e. The van der Waals surface area contributed by atoms with E-state index in [1.807, 2.05) is 5.43 Å². The van der Waals surface area contributed by atoms with Gasteiger partial charge in [0.15, 0.2) is 0 Å². The van der Waals surface area contributed by atoms with Crippen LogP contribution in [0, 0.1) is 0 Å². The van der Waals surface area contributed by atoms with E-state index in [2.05, 4.69) is 0 Å². The minimum atomic E-state index is -4.63. The second-order valence-corrected chi connectivity index (χ2v) is 2.04. The number of nitrogens with one attached hydrogen (secondary N) is 1. The zero-order valence-corrected chi connectivity index (χ0v) is 6.55. The predicted molar refractivity (Wildman–Crippen MR) is 34.5 cm³/mol. The number of rotatable bonds is 2. The standard InChI is InChI=1S/C5H7F3N2O3/c1-9-10(2-5(6,7)8)3(11)4(12)13/h9H,2H2,1H3,(H,12,13). The Morgan fingerprint density at radius 2 is 1.92 bits per heavy atom. The Labute approximate surface area is 71.1 Å². The minimum Gasteiger partial charge on any atom is -0.474 e. The molecule has 0 aliphatic heterocycles. The number of carboxylic acid groups (broad SMARTS) is 1. The molecule has 5 nitrogen and oxygen atoms in total. The van der Waals surface area contributed by atoms with Gasteiger partial charge in [-0.05, 0) is 0 Å². The molecule has 0 aromatic carbocycles. The van der Waals surface area contributed by atoms with Crippen LogP contribution in [0.4, 0.5) is 13.2 Å². The molecule has 0 aliphatic carbocycles. The third kappa shape index (κ3) is 4.31. The van der Waals surface area contributed by atoms with E-state index < -0.39 is 24.6 Å². The summed E-state index contributed by atoms with van der Waals surface area (Å²) in [6.45, 7) is -1.64. The molecule has 0 fully saturated rings. The van der Waals surface area contributed by atoms with Gasteiger partial charge in [-0.15, -0.1) is 0 Å². The first-order valence-corrected chi connectivity index (χ1v) is 3.07. The zero-order valence-electron chi connectivity index (χ0n) is 6.55. The lowest BCUT2D eigenvalue weighted by molar-refractivity contribution is -0.174. The van der Waals surface area contributed by atoms with E-state index >= 15 is 0 Å². The van der Waals surface area contributed by atoms with Gasteiger partial charge in [0.25, 0.3) is 0 Å². The van der Waals surface area contributed by atoms with Gasteiger partial charge in [-0.3, -0.25) is 9.80 Å². The van der Waals surface area contributed by atoms with Gasteiger partial charge < -0.3 is 5.11 Å². The fourth-order valence-electron chi connectivity index (χ4n) is 0.547. The van der Waals surface area contributed by atoms with E-state index in [0.29, 0.717) is 0 Å². The van der Waals surface area contributed by atoms with Crippen molar-refractivity contribution in [2.24, 2.45) is 0 Å². The van der Waals surface area contributed by atoms with Crippen molar-refractivity contribution >= 4 is 11.9 Å². The highest BCUT2D eigenvalue weighted by Crippen LogP contribution is 2.15. The van der Waals surface area contributed by atoms with E-state index in [-0.39, 0.29) is 5.01 Å². The maximum atomic E-state index is 11.7. The molecule has 0 aliphatic rings. The fraction of sp³-hybridized carbons (Fsp3) is 0.600. The van der Waals surface area contributed by atoms with E-state index in [0.717, 1.165) is 7.05 Å². The number of amides is 1. The van der Waals surface area contributed by atoms with Crippen LogP contribution in [0.1, 0.15) is 0 Å². The number of hydrazine groups is 1. The van der Waals surface area contributed by atoms with E-state index in [4.69, 9.17) is 5.11 Å². The van der Waals surface area contributed by atoms with Gasteiger partial charge in [0.1, 0.15) is 6.54 Å². The Morgan fingerprint density at radius 1 is 1.46 bits per heavy atom. The summed E-state index contributed by atoms with van der Waals surface area (Å²) in [5.41, 5.74) is 1.82. The molecule has 0 aromatic rings. The molecule has 0 spiro atoms. The van der Waals surface area contributed by atoms with Crippen LogP contribution >= 0.6 is 0 Å². The second-order valence-electron chi connectivity index (χ2n) is 2.04. The molecule has 8 heteroatoms. The molecule has 2 N–H and O–H groups in total. The lowest BCUT2D eigenvalue weighted by atomic mass is 10.5. The maximum Gasteiger partial charge on any atom is 0.407 e. The summed E-state index contributed by atoms with van der Waals surface area (Å²) in [6.07, 6.45) is -4.63. The summed E-state index contributed by atoms with van der Waals surface area (Å²) in [5.74, 6) is -3.60. The Morgan fingerprint density at radius 3 is 2.15 bits per heavy atom. The summed E-state index contributed by atoms with van der Waals surface area (Å²) in [5, 5.41) is 8.04. The Bertz CT molecular complexity index is 216. The number of carboxylic acids is 1. The molecular formula is C5H7F3N2O3. The second kappa shape index (κ2) is 4.08. The summed E-state index contributed by atoms with van der Waals surface area (Å²) >= 11 is 0. The van der Waals surface area contributed by atoms with Crippen LogP contribution in [-0.4, -0.2) is 41.8 Å². The first-order valence-electron chi connectivity index (χ1n) is 3.07. The van der Waals surface area contributed by atoms with Crippen molar-refractivity contribution in [2.45, 2.75) is 6.18 Å². The highest BCUT2D eigenvalue weighted by molar-refractivity contribution is 6.31. The molecular weight excluding hydrogens is 193 g/mol. The molecule has 76 valence electrons. The molecule has 0 aromatic heterocycles. The van der Waals surface area contributed by atoms with E-state index in [1.165, 1.54) is 0 Å². The maximum absolute atomic E-state index is 11.7. The number of nitrogens with zero attached hydrogens (tertiary/aromatic N) is 1. The van der Waals surface area contributed by atoms with Gasteiger partial charge in [0.2, 0.25) is 0 Å². The van der Waals surface area contributed by atoms with Gasteiger partial charge in [-0.2, -0.15) is 13.2 Å². The first-order chi connectivity index (χ1) is 5.78. The van der Waals surface area contributed by atoms with Gasteiger partial charge in [0, 0.05) is 7.05 Å². The van der Waals surface area contributed by atoms with Crippen molar-refractivity contribution in [1.82, 2.24) is 10.4 Å². The van der Waals surface area contributed by atoms with E-state index in [9.17, 15) is 22.8 Å². The van der Waals surface area contributed by atoms with Crippen LogP contribution in [0.25, 0.3) is 0 Å². The SMILES string of the molecule is CNN(CC(F)(F)F)C(=O)C(=O)O. The average molecular weight is 200 g/mol. The third-order valence-electron chi connectivity index (χ3n) is 1.04. The Kier molecular flexibility index (Phi) is 3.67. The Hall–Kier alpha value is -1.31. The molecule has 13 heavy (non-hydrogen) atoms. The molecule has 1 amide bonds. The van der Waals surface area contributed by atoms with Crippen molar-refractivity contribution in [1.29, 1.82) is 0 Å². The van der Waals surface area contributed by atoms with Crippen molar-refractivity contribution in [2.75, 3.05) is 13.6 Å². The normalized spacial score (nSPS) is 11.1. The van der Waals surface area contributed by atoms with Crippen molar-refractivity contribution < 1.29 is 27.9 Å². The molecule has 0 bridgehead atoms. The average Bonchev–Trinajstić information content (AvgIpc) is 1.97. The lowest BCUT2D eigenvalue weighted by Crippen LogP contribution is -2.48. The number of carbonyl (C=O) groups is 2. The highest BCUT2D eigenvalue weighted by Gasteiger charge is 2.34. The predicted octanol–water partition coefficient (Wildman–Crippen LogP) is -0.404. The Balaban J connectivity index is 4.36. The molecule has 0 radical (unpaired) electrons. The van der Waals surface area contributed by atoms with Crippen molar-refractivity contribution in [3.63, 3.8) is 0 Å². The van der Waals surface area contributed by atoms with Crippen molar-refractivity contribution in [3.05, 3.63) is 0 Å². The number of alkyl halides is 3. The number of hydrogen-bond donors (Lipinski definition) is 2. The molecule has 0 unspecified atom stereocenters. The summed E-state index contributed by atoms with van der Waals surface area (Å²) in [6, 6.07) is 0. The first kappa shape index (κ1) is 11.7. The number of halogens is 3. The highest BCUT2D eigenvalue weighted by atomic mass is 19.4. The van der Waals surface area contributed by atoms with Gasteiger partial charge in [0.05, 0.1) is 0 Å². The van der Waals surface area contributed by atoms with Crippen molar-refractivity contribution in [3.8, 4) is 0 Å². The number of aliphatic carboxylic acids is 1. The van der Waals surface area contributed by atoms with Crippen LogP contribution in [0.3, 0.4) is 0 Å². The van der Waals surface area contributed by atoms with Crippen LogP contribution < -0.4 is 5.43 Å². The van der Waals surface area contributed by atoms with Gasteiger partial charge in [-0.1, -0.05) is 0 Å². The summed E-state index contributed by atoms with van der Waals surface area (Å²) in [7, 11) is 1.02. The van der Waals surface area contributed by atoms with Crippen LogP contribution in [-0.2, 0) is 9.59 Å². The molecule has 0 saturated carbocycles. The molecule has 0 rings (SSSR count). The fourth-order valence-corrected chi connectivity index (χ4v) is 0.547. The van der Waals surface area contributed by atoms with E-state index in [1.54, 1.807) is 0 Å². The number of carbonyl (C=O) groups excluding carboxylic acids is 1. The number of hydrogen-bond acceptors (Lipinski definition) is 3. The molecule has 0 saturated heterocycles. The van der Waals surface area contributed by atoms with Crippen LogP contribution in [0.2, 0.25) is 0 Å². The minimum absolute atomic E-state index is 0.0394. The van der Waals surface area contributed by atoms with Crippen LogP contribution in [0.15, 0.2) is 0 Å². The van der Waals surface area contributed by atoms with Gasteiger partial charge >= 0.3 is 18.1 Å². The zero-order chi connectivity index (χ0) is 10.6. The molecule has 0 atom stereocenters. The monoisotopic (exact) mass is 200 g/mol. The van der Waals surface area contributed by atoms with Gasteiger partial charge in [-0.25, -0.2) is 10.2 Å². The third-order valence-corrected chi connectivity index (χ3v) is 1.04. The van der Waals surface area contributed by atoms with Crippen LogP contribution in [0.5, 0.6) is 0 Å². The lowest BCUT2D eigenvalue weighted by Gasteiger charge is -2.20. The molecule has 0 heterocycles. The topological polar surface area (TPSA) is 69.6 Å². The summed E-state index contributed by atoms with van der Waals surface area (Å²) < 4.78 is 35.1. The largest absolute Gasteiger partial charge is 0.474 e. The quantitative estimate of drug-likeness (QED) is 0.470.